The molecule has 0 amide bonds. The highest BCUT2D eigenvalue weighted by atomic mass is 35.5. The molecule has 0 heterocycles. The molecule has 1 aromatic carbocycles. The van der Waals surface area contributed by atoms with Gasteiger partial charge in [-0.05, 0) is 30.5 Å². The first kappa shape index (κ1) is 10.5. The average Bonchev–Trinajstić information content (AvgIpc) is 3.02. The molecular weight excluding hydrogens is 208 g/mol. The van der Waals surface area contributed by atoms with E-state index in [1.807, 2.05) is 24.3 Å². The minimum absolute atomic E-state index is 0.0631. The van der Waals surface area contributed by atoms with Crippen molar-refractivity contribution in [1.82, 2.24) is 5.32 Å². The van der Waals surface area contributed by atoms with Crippen molar-refractivity contribution in [2.45, 2.75) is 19.4 Å². The topological polar surface area (TPSA) is 35.8 Å². The van der Waals surface area contributed by atoms with Crippen LogP contribution in [0.1, 0.15) is 18.4 Å². The average molecular weight is 221 g/mol. The van der Waals surface area contributed by atoms with Gasteiger partial charge in [0.05, 0.1) is 11.5 Å². The number of hydrogen-bond acceptors (Lipinski definition) is 2. The normalized spacial score (nSPS) is 17.1. The summed E-state index contributed by atoms with van der Waals surface area (Å²) >= 11 is 5.79. The van der Waals surface area contributed by atoms with Gasteiger partial charge in [-0.2, -0.15) is 5.26 Å². The summed E-state index contributed by atoms with van der Waals surface area (Å²) in [5.41, 5.74) is 1.14. The lowest BCUT2D eigenvalue weighted by atomic mass is 10.1. The Bertz CT molecular complexity index is 374. The first-order chi connectivity index (χ1) is 7.24. The van der Waals surface area contributed by atoms with Crippen LogP contribution >= 0.6 is 11.6 Å². The minimum atomic E-state index is -0.0631. The van der Waals surface area contributed by atoms with Crippen LogP contribution in [0.3, 0.4) is 0 Å². The van der Waals surface area contributed by atoms with Crippen molar-refractivity contribution in [3.63, 3.8) is 0 Å². The smallest absolute Gasteiger partial charge is 0.0703 e. The van der Waals surface area contributed by atoms with Gasteiger partial charge in [0.25, 0.3) is 0 Å². The molecule has 0 atom stereocenters. The first-order valence-corrected chi connectivity index (χ1v) is 5.48. The molecule has 2 rings (SSSR count). The lowest BCUT2D eigenvalue weighted by Gasteiger charge is -2.07. The Morgan fingerprint density at radius 3 is 2.53 bits per heavy atom. The highest BCUT2D eigenvalue weighted by Crippen LogP contribution is 2.44. The molecule has 1 saturated carbocycles. The van der Waals surface area contributed by atoms with Gasteiger partial charge in [-0.25, -0.2) is 0 Å². The van der Waals surface area contributed by atoms with Crippen molar-refractivity contribution < 1.29 is 0 Å². The molecule has 1 aliphatic rings. The van der Waals surface area contributed by atoms with Crippen LogP contribution in [-0.4, -0.2) is 6.54 Å². The van der Waals surface area contributed by atoms with E-state index in [1.165, 1.54) is 5.56 Å². The zero-order valence-corrected chi connectivity index (χ0v) is 9.22. The molecule has 1 N–H and O–H groups in total. The number of nitrogens with zero attached hydrogens (tertiary/aromatic N) is 1. The lowest BCUT2D eigenvalue weighted by molar-refractivity contribution is 0.558. The summed E-state index contributed by atoms with van der Waals surface area (Å²) in [7, 11) is 0. The van der Waals surface area contributed by atoms with Gasteiger partial charge in [-0.15, -0.1) is 0 Å². The van der Waals surface area contributed by atoms with Crippen LogP contribution in [0.2, 0.25) is 5.02 Å². The van der Waals surface area contributed by atoms with Gasteiger partial charge in [0.15, 0.2) is 0 Å². The predicted molar refractivity (Wildman–Crippen MR) is 60.4 cm³/mol. The summed E-state index contributed by atoms with van der Waals surface area (Å²) < 4.78 is 0. The number of benzene rings is 1. The number of hydrogen-bond donors (Lipinski definition) is 1. The van der Waals surface area contributed by atoms with Crippen molar-refractivity contribution in [3.8, 4) is 6.07 Å². The first-order valence-electron chi connectivity index (χ1n) is 5.11. The van der Waals surface area contributed by atoms with Crippen LogP contribution in [0, 0.1) is 16.7 Å². The molecule has 0 radical (unpaired) electrons. The molecule has 0 saturated heterocycles. The van der Waals surface area contributed by atoms with Crippen molar-refractivity contribution in [3.05, 3.63) is 34.9 Å². The molecule has 1 aromatic rings. The highest BCUT2D eigenvalue weighted by Gasteiger charge is 2.42. The fraction of sp³-hybridized carbons (Fsp3) is 0.417. The molecule has 0 aliphatic heterocycles. The van der Waals surface area contributed by atoms with E-state index < -0.39 is 0 Å². The summed E-state index contributed by atoms with van der Waals surface area (Å²) in [6.45, 7) is 1.60. The van der Waals surface area contributed by atoms with Gasteiger partial charge < -0.3 is 5.32 Å². The van der Waals surface area contributed by atoms with Gasteiger partial charge in [-0.3, -0.25) is 0 Å². The number of nitrogens with one attached hydrogen (secondary N) is 1. The quantitative estimate of drug-likeness (QED) is 0.847. The van der Waals surface area contributed by atoms with E-state index in [9.17, 15) is 0 Å². The van der Waals surface area contributed by atoms with Crippen molar-refractivity contribution in [1.29, 1.82) is 5.26 Å². The van der Waals surface area contributed by atoms with E-state index in [2.05, 4.69) is 11.4 Å². The van der Waals surface area contributed by atoms with E-state index in [1.54, 1.807) is 0 Å². The molecule has 3 heteroatoms. The van der Waals surface area contributed by atoms with Gasteiger partial charge in [0, 0.05) is 18.1 Å². The SMILES string of the molecule is N#CC1(CNCc2ccc(Cl)cc2)CC1. The molecule has 1 aliphatic carbocycles. The lowest BCUT2D eigenvalue weighted by Crippen LogP contribution is -2.22. The summed E-state index contributed by atoms with van der Waals surface area (Å²) in [5, 5.41) is 13.0. The van der Waals surface area contributed by atoms with Crippen molar-refractivity contribution in [2.75, 3.05) is 6.54 Å². The summed E-state index contributed by atoms with van der Waals surface area (Å²) in [4.78, 5) is 0. The highest BCUT2D eigenvalue weighted by molar-refractivity contribution is 6.30. The van der Waals surface area contributed by atoms with E-state index in [0.717, 1.165) is 31.0 Å². The zero-order chi connectivity index (χ0) is 10.7. The Kier molecular flexibility index (Phi) is 2.95. The number of rotatable bonds is 4. The second-order valence-corrected chi connectivity index (χ2v) is 4.56. The molecule has 78 valence electrons. The van der Waals surface area contributed by atoms with Crippen molar-refractivity contribution in [2.24, 2.45) is 5.41 Å². The molecule has 0 unspecified atom stereocenters. The third-order valence-electron chi connectivity index (χ3n) is 2.80. The molecule has 2 nitrogen and oxygen atoms in total. The third-order valence-corrected chi connectivity index (χ3v) is 3.05. The maximum Gasteiger partial charge on any atom is 0.0703 e. The Morgan fingerprint density at radius 2 is 2.00 bits per heavy atom. The Hall–Kier alpha value is -1.04. The number of halogens is 1. The Labute approximate surface area is 94.9 Å². The summed E-state index contributed by atoms with van der Waals surface area (Å²) in [6.07, 6.45) is 2.08. The Balaban J connectivity index is 1.79. The third kappa shape index (κ3) is 2.71. The summed E-state index contributed by atoms with van der Waals surface area (Å²) in [6, 6.07) is 10.1. The van der Waals surface area contributed by atoms with Gasteiger partial charge in [-0.1, -0.05) is 23.7 Å². The maximum absolute atomic E-state index is 8.88. The van der Waals surface area contributed by atoms with Crippen LogP contribution in [0.5, 0.6) is 0 Å². The largest absolute Gasteiger partial charge is 0.311 e. The van der Waals surface area contributed by atoms with Crippen LogP contribution < -0.4 is 5.32 Å². The Morgan fingerprint density at radius 1 is 1.33 bits per heavy atom. The van der Waals surface area contributed by atoms with E-state index >= 15 is 0 Å². The maximum atomic E-state index is 8.88. The zero-order valence-electron chi connectivity index (χ0n) is 8.46. The van der Waals surface area contributed by atoms with Crippen LogP contribution in [0.25, 0.3) is 0 Å². The minimum Gasteiger partial charge on any atom is -0.311 e. The molecule has 0 bridgehead atoms. The fourth-order valence-corrected chi connectivity index (χ4v) is 1.65. The fourth-order valence-electron chi connectivity index (χ4n) is 1.53. The van der Waals surface area contributed by atoms with E-state index in [4.69, 9.17) is 16.9 Å². The molecule has 1 fully saturated rings. The summed E-state index contributed by atoms with van der Waals surface area (Å²) in [5.74, 6) is 0. The molecule has 0 spiro atoms. The standard InChI is InChI=1S/C12H13ClN2/c13-11-3-1-10(2-4-11)7-15-9-12(8-14)5-6-12/h1-4,15H,5-7,9H2. The van der Waals surface area contributed by atoms with Crippen LogP contribution in [-0.2, 0) is 6.54 Å². The monoisotopic (exact) mass is 220 g/mol. The van der Waals surface area contributed by atoms with Crippen molar-refractivity contribution >= 4 is 11.6 Å². The molecule has 15 heavy (non-hydrogen) atoms. The molecular formula is C12H13ClN2. The van der Waals surface area contributed by atoms with Gasteiger partial charge >= 0.3 is 0 Å². The van der Waals surface area contributed by atoms with Crippen LogP contribution in [0.4, 0.5) is 0 Å². The second kappa shape index (κ2) is 4.22. The second-order valence-electron chi connectivity index (χ2n) is 4.12. The van der Waals surface area contributed by atoms with E-state index in [-0.39, 0.29) is 5.41 Å². The number of nitriles is 1. The van der Waals surface area contributed by atoms with E-state index in [0.29, 0.717) is 0 Å². The predicted octanol–water partition coefficient (Wildman–Crippen LogP) is 2.73. The van der Waals surface area contributed by atoms with Gasteiger partial charge in [0.2, 0.25) is 0 Å². The van der Waals surface area contributed by atoms with Gasteiger partial charge in [0.1, 0.15) is 0 Å². The molecule has 0 aromatic heterocycles. The van der Waals surface area contributed by atoms with Crippen LogP contribution in [0.15, 0.2) is 24.3 Å².